The molecule has 45 heavy (non-hydrogen) atoms. The Kier molecular flexibility index (Phi) is 7.42. The monoisotopic (exact) mass is 611 g/mol. The number of aliphatic hydroxyl groups is 1. The van der Waals surface area contributed by atoms with Gasteiger partial charge >= 0.3 is 0 Å². The Morgan fingerprint density at radius 3 is 2.58 bits per heavy atom. The summed E-state index contributed by atoms with van der Waals surface area (Å²) in [4.78, 5) is 29.4. The SMILES string of the molecule is C=CCn1c(=O)c2ccc(Nc3cc(N[C@H](CO)c4ccc(F)cc4)c(-c4nc(C56CCN(CC5)CC6)no4)cn3)nc2n1C. The van der Waals surface area contributed by atoms with Crippen molar-refractivity contribution in [2.45, 2.75) is 37.3 Å². The number of pyridine rings is 2. The summed E-state index contributed by atoms with van der Waals surface area (Å²) < 4.78 is 22.8. The van der Waals surface area contributed by atoms with E-state index in [1.807, 2.05) is 0 Å². The fraction of sp³-hybridized carbons (Fsp3) is 0.344. The number of aromatic nitrogens is 6. The second-order valence-electron chi connectivity index (χ2n) is 11.7. The Morgan fingerprint density at radius 2 is 1.87 bits per heavy atom. The second-order valence-corrected chi connectivity index (χ2v) is 11.7. The zero-order valence-electron chi connectivity index (χ0n) is 24.9. The van der Waals surface area contributed by atoms with E-state index in [0.29, 0.717) is 57.7 Å². The highest BCUT2D eigenvalue weighted by Crippen LogP contribution is 2.42. The van der Waals surface area contributed by atoms with Crippen molar-refractivity contribution < 1.29 is 14.0 Å². The number of nitrogens with one attached hydrogen (secondary N) is 2. The van der Waals surface area contributed by atoms with Crippen molar-refractivity contribution in [3.63, 3.8) is 0 Å². The van der Waals surface area contributed by atoms with Crippen LogP contribution < -0.4 is 16.2 Å². The minimum atomic E-state index is -0.558. The van der Waals surface area contributed by atoms with Gasteiger partial charge < -0.3 is 25.2 Å². The molecule has 12 nitrogen and oxygen atoms in total. The fourth-order valence-electron chi connectivity index (χ4n) is 6.42. The van der Waals surface area contributed by atoms with Crippen molar-refractivity contribution >= 4 is 28.4 Å². The predicted molar refractivity (Wildman–Crippen MR) is 168 cm³/mol. The van der Waals surface area contributed by atoms with Crippen molar-refractivity contribution in [1.82, 2.24) is 34.4 Å². The molecule has 7 heterocycles. The molecule has 4 aromatic heterocycles. The fourth-order valence-corrected chi connectivity index (χ4v) is 6.42. The smallest absolute Gasteiger partial charge is 0.276 e. The molecule has 1 aromatic carbocycles. The van der Waals surface area contributed by atoms with E-state index in [1.54, 1.807) is 59.0 Å². The van der Waals surface area contributed by atoms with E-state index in [1.165, 1.54) is 12.1 Å². The highest BCUT2D eigenvalue weighted by atomic mass is 19.1. The summed E-state index contributed by atoms with van der Waals surface area (Å²) in [6, 6.07) is 10.6. The van der Waals surface area contributed by atoms with E-state index < -0.39 is 6.04 Å². The molecule has 232 valence electrons. The summed E-state index contributed by atoms with van der Waals surface area (Å²) in [5.41, 5.74) is 2.13. The van der Waals surface area contributed by atoms with Gasteiger partial charge in [0.15, 0.2) is 11.5 Å². The summed E-state index contributed by atoms with van der Waals surface area (Å²) in [7, 11) is 1.78. The Hall–Kier alpha value is -4.88. The lowest BCUT2D eigenvalue weighted by molar-refractivity contribution is 0.0747. The van der Waals surface area contributed by atoms with Crippen LogP contribution in [0.1, 0.15) is 36.7 Å². The van der Waals surface area contributed by atoms with Gasteiger partial charge in [0.25, 0.3) is 11.4 Å². The van der Waals surface area contributed by atoms with Gasteiger partial charge in [-0.1, -0.05) is 23.4 Å². The largest absolute Gasteiger partial charge is 0.394 e. The van der Waals surface area contributed by atoms with E-state index in [9.17, 15) is 14.3 Å². The molecule has 0 radical (unpaired) electrons. The van der Waals surface area contributed by atoms with Crippen molar-refractivity contribution in [3.8, 4) is 11.5 Å². The number of halogens is 1. The first-order chi connectivity index (χ1) is 21.9. The molecule has 3 aliphatic heterocycles. The Morgan fingerprint density at radius 1 is 1.11 bits per heavy atom. The van der Waals surface area contributed by atoms with Gasteiger partial charge in [0.05, 0.1) is 35.8 Å². The second kappa shape index (κ2) is 11.6. The summed E-state index contributed by atoms with van der Waals surface area (Å²) >= 11 is 0. The van der Waals surface area contributed by atoms with Crippen LogP contribution in [0.3, 0.4) is 0 Å². The van der Waals surface area contributed by atoms with Crippen LogP contribution in [0.2, 0.25) is 0 Å². The number of benzene rings is 1. The summed E-state index contributed by atoms with van der Waals surface area (Å²) in [6.45, 7) is 6.93. The predicted octanol–water partition coefficient (Wildman–Crippen LogP) is 4.13. The van der Waals surface area contributed by atoms with Crippen LogP contribution in [0.25, 0.3) is 22.5 Å². The van der Waals surface area contributed by atoms with Gasteiger partial charge in [0.1, 0.15) is 17.5 Å². The highest BCUT2D eigenvalue weighted by Gasteiger charge is 2.44. The number of allylic oxidation sites excluding steroid dienone is 1. The number of anilines is 3. The van der Waals surface area contributed by atoms with E-state index in [0.717, 1.165) is 38.9 Å². The molecule has 0 unspecified atom stereocenters. The van der Waals surface area contributed by atoms with Crippen LogP contribution in [-0.4, -0.2) is 65.7 Å². The van der Waals surface area contributed by atoms with E-state index in [2.05, 4.69) is 37.2 Å². The standard InChI is InChI=1S/C32H34FN9O3/c1-3-13-42-30(44)22-8-9-26(37-28(22)40(42)2)36-27-17-24(35-25(19-43)20-4-6-21(33)7-5-20)23(18-34-27)29-38-31(39-45-29)32-10-14-41(15-11-32)16-12-32/h3-9,17-18,25,43H,1,10-16,19H2,2H3,(H2,34,35,36,37)/t25-/m1/s1. The number of aryl methyl sites for hydroxylation is 1. The molecule has 13 heteroatoms. The lowest BCUT2D eigenvalue weighted by Gasteiger charge is -2.46. The van der Waals surface area contributed by atoms with E-state index in [-0.39, 0.29) is 23.4 Å². The van der Waals surface area contributed by atoms with Crippen molar-refractivity contribution in [3.05, 3.63) is 88.9 Å². The third kappa shape index (κ3) is 5.27. The Bertz CT molecular complexity index is 1910. The van der Waals surface area contributed by atoms with Crippen molar-refractivity contribution in [1.29, 1.82) is 0 Å². The van der Waals surface area contributed by atoms with Crippen LogP contribution in [0.4, 0.5) is 21.7 Å². The number of hydrogen-bond acceptors (Lipinski definition) is 10. The van der Waals surface area contributed by atoms with Crippen molar-refractivity contribution in [2.75, 3.05) is 36.9 Å². The number of fused-ring (bicyclic) bond motifs is 4. The molecule has 3 aliphatic rings. The summed E-state index contributed by atoms with van der Waals surface area (Å²) in [5.74, 6) is 1.62. The maximum absolute atomic E-state index is 13.7. The average molecular weight is 612 g/mol. The molecule has 3 saturated heterocycles. The molecule has 0 amide bonds. The third-order valence-corrected chi connectivity index (χ3v) is 9.11. The van der Waals surface area contributed by atoms with Crippen LogP contribution in [0, 0.1) is 5.82 Å². The lowest BCUT2D eigenvalue weighted by atomic mass is 9.71. The van der Waals surface area contributed by atoms with Gasteiger partial charge in [0, 0.05) is 24.7 Å². The van der Waals surface area contributed by atoms with Gasteiger partial charge in [-0.15, -0.1) is 6.58 Å². The molecule has 1 atom stereocenters. The maximum atomic E-state index is 13.7. The summed E-state index contributed by atoms with van der Waals surface area (Å²) in [6.07, 6.45) is 6.28. The number of hydrogen-bond donors (Lipinski definition) is 3. The highest BCUT2D eigenvalue weighted by molar-refractivity contribution is 5.79. The van der Waals surface area contributed by atoms with Crippen LogP contribution in [0.5, 0.6) is 0 Å². The van der Waals surface area contributed by atoms with Gasteiger partial charge in [-0.25, -0.2) is 19.0 Å². The first-order valence-corrected chi connectivity index (χ1v) is 15.0. The van der Waals surface area contributed by atoms with E-state index >= 15 is 0 Å². The quantitative estimate of drug-likeness (QED) is 0.198. The molecule has 0 spiro atoms. The Labute approximate surface area is 258 Å². The molecule has 5 aromatic rings. The van der Waals surface area contributed by atoms with Crippen LogP contribution >= 0.6 is 0 Å². The topological polar surface area (TPSA) is 139 Å². The lowest BCUT2D eigenvalue weighted by Crippen LogP contribution is -2.51. The zero-order chi connectivity index (χ0) is 31.1. The Balaban J connectivity index is 1.24. The van der Waals surface area contributed by atoms with Gasteiger partial charge in [-0.2, -0.15) is 4.98 Å². The average Bonchev–Trinajstić information content (AvgIpc) is 3.66. The zero-order valence-corrected chi connectivity index (χ0v) is 24.9. The van der Waals surface area contributed by atoms with Crippen LogP contribution in [0.15, 0.2) is 70.6 Å². The maximum Gasteiger partial charge on any atom is 0.276 e. The van der Waals surface area contributed by atoms with Gasteiger partial charge in [-0.3, -0.25) is 9.48 Å². The summed E-state index contributed by atoms with van der Waals surface area (Å²) in [5, 5.41) is 21.9. The minimum Gasteiger partial charge on any atom is -0.394 e. The molecule has 0 saturated carbocycles. The number of rotatable bonds is 10. The van der Waals surface area contributed by atoms with Gasteiger partial charge in [-0.05, 0) is 68.7 Å². The van der Waals surface area contributed by atoms with E-state index in [4.69, 9.17) is 9.51 Å². The third-order valence-electron chi connectivity index (χ3n) is 9.11. The minimum absolute atomic E-state index is 0.0875. The molecule has 3 N–H and O–H groups in total. The number of aliphatic hydroxyl groups excluding tert-OH is 1. The molecular weight excluding hydrogens is 577 g/mol. The molecule has 0 aliphatic carbocycles. The first-order valence-electron chi connectivity index (χ1n) is 15.0. The first kappa shape index (κ1) is 28.9. The van der Waals surface area contributed by atoms with Crippen molar-refractivity contribution in [2.24, 2.45) is 7.05 Å². The number of nitrogens with zero attached hydrogens (tertiary/aromatic N) is 7. The van der Waals surface area contributed by atoms with Gasteiger partial charge in [0.2, 0.25) is 0 Å². The molecule has 8 rings (SSSR count). The molecular formula is C32H34FN9O3. The normalized spacial score (nSPS) is 19.9. The molecule has 3 fully saturated rings. The number of piperidine rings is 3. The van der Waals surface area contributed by atoms with Crippen LogP contribution in [-0.2, 0) is 19.0 Å². The molecule has 2 bridgehead atoms.